The smallest absolute Gasteiger partial charge is 0.317 e. The molecule has 10 heteroatoms. The Labute approximate surface area is 145 Å². The number of nitrogens with zero attached hydrogens (tertiary/aromatic N) is 1. The zero-order valence-electron chi connectivity index (χ0n) is 13.4. The summed E-state index contributed by atoms with van der Waals surface area (Å²) < 4.78 is 40.0. The van der Waals surface area contributed by atoms with Crippen molar-refractivity contribution in [2.24, 2.45) is 0 Å². The third-order valence-electron chi connectivity index (χ3n) is 3.84. The minimum atomic E-state index is -3.74. The molecule has 8 nitrogen and oxygen atoms in total. The minimum absolute atomic E-state index is 0.0113. The molecular weight excluding hydrogens is 353 g/mol. The van der Waals surface area contributed by atoms with Gasteiger partial charge in [0.05, 0.1) is 11.3 Å². The molecule has 1 saturated heterocycles. The van der Waals surface area contributed by atoms with Gasteiger partial charge in [-0.05, 0) is 37.1 Å². The van der Waals surface area contributed by atoms with Crippen LogP contribution in [0.3, 0.4) is 0 Å². The van der Waals surface area contributed by atoms with Gasteiger partial charge >= 0.3 is 12.0 Å². The Morgan fingerprint density at radius 2 is 1.80 bits per heavy atom. The molecule has 1 aliphatic heterocycles. The topological polar surface area (TPSA) is 116 Å². The SMILES string of the molecule is O=C(O)CCNC(=O)N1CCC(NS(=O)(=O)c2ccc(F)cc2)CC1. The van der Waals surface area contributed by atoms with Gasteiger partial charge in [0.25, 0.3) is 0 Å². The Morgan fingerprint density at radius 3 is 2.36 bits per heavy atom. The summed E-state index contributed by atoms with van der Waals surface area (Å²) in [5, 5.41) is 11.0. The van der Waals surface area contributed by atoms with Crippen molar-refractivity contribution in [1.82, 2.24) is 14.9 Å². The summed E-state index contributed by atoms with van der Waals surface area (Å²) in [5.41, 5.74) is 0. The molecule has 0 saturated carbocycles. The second kappa shape index (κ2) is 8.26. The summed E-state index contributed by atoms with van der Waals surface area (Å²) in [6.07, 6.45) is 0.721. The van der Waals surface area contributed by atoms with Gasteiger partial charge < -0.3 is 15.3 Å². The third-order valence-corrected chi connectivity index (χ3v) is 5.38. The number of piperidine rings is 1. The normalized spacial score (nSPS) is 15.8. The van der Waals surface area contributed by atoms with Gasteiger partial charge in [-0.15, -0.1) is 0 Å². The number of amides is 2. The number of carboxylic acids is 1. The van der Waals surface area contributed by atoms with Crippen LogP contribution in [0, 0.1) is 5.82 Å². The Morgan fingerprint density at radius 1 is 1.20 bits per heavy atom. The number of carboxylic acid groups (broad SMARTS) is 1. The molecule has 0 bridgehead atoms. The van der Waals surface area contributed by atoms with Gasteiger partial charge in [-0.2, -0.15) is 0 Å². The van der Waals surface area contributed by atoms with Crippen LogP contribution >= 0.6 is 0 Å². The lowest BCUT2D eigenvalue weighted by molar-refractivity contribution is -0.136. The number of urea groups is 1. The van der Waals surface area contributed by atoms with Gasteiger partial charge in [0.15, 0.2) is 0 Å². The van der Waals surface area contributed by atoms with Crippen molar-refractivity contribution < 1.29 is 27.5 Å². The first-order valence-corrected chi connectivity index (χ1v) is 9.29. The predicted octanol–water partition coefficient (Wildman–Crippen LogP) is 0.753. The maximum Gasteiger partial charge on any atom is 0.317 e. The molecule has 138 valence electrons. The second-order valence-corrected chi connectivity index (χ2v) is 7.43. The van der Waals surface area contributed by atoms with Gasteiger partial charge in [-0.25, -0.2) is 22.3 Å². The molecule has 25 heavy (non-hydrogen) atoms. The summed E-state index contributed by atoms with van der Waals surface area (Å²) in [6, 6.07) is 3.88. The Balaban J connectivity index is 1.82. The van der Waals surface area contributed by atoms with E-state index in [0.717, 1.165) is 12.1 Å². The monoisotopic (exact) mass is 373 g/mol. The fraction of sp³-hybridized carbons (Fsp3) is 0.467. The van der Waals surface area contributed by atoms with E-state index in [4.69, 9.17) is 5.11 Å². The van der Waals surface area contributed by atoms with Crippen LogP contribution in [-0.2, 0) is 14.8 Å². The van der Waals surface area contributed by atoms with Crippen molar-refractivity contribution in [2.75, 3.05) is 19.6 Å². The number of nitrogens with one attached hydrogen (secondary N) is 2. The van der Waals surface area contributed by atoms with Crippen molar-refractivity contribution in [3.05, 3.63) is 30.1 Å². The molecule has 0 aromatic heterocycles. The highest BCUT2D eigenvalue weighted by molar-refractivity contribution is 7.89. The van der Waals surface area contributed by atoms with Crippen LogP contribution in [-0.4, -0.2) is 56.1 Å². The van der Waals surface area contributed by atoms with Crippen LogP contribution in [0.15, 0.2) is 29.2 Å². The first-order chi connectivity index (χ1) is 11.8. The quantitative estimate of drug-likeness (QED) is 0.681. The lowest BCUT2D eigenvalue weighted by atomic mass is 10.1. The Bertz CT molecular complexity index is 715. The highest BCUT2D eigenvalue weighted by atomic mass is 32.2. The van der Waals surface area contributed by atoms with Gasteiger partial charge in [0.2, 0.25) is 10.0 Å². The molecule has 0 aliphatic carbocycles. The molecule has 0 spiro atoms. The lowest BCUT2D eigenvalue weighted by Gasteiger charge is -2.32. The van der Waals surface area contributed by atoms with Crippen LogP contribution in [0.2, 0.25) is 0 Å². The highest BCUT2D eigenvalue weighted by Gasteiger charge is 2.26. The number of rotatable bonds is 6. The van der Waals surface area contributed by atoms with Crippen molar-refractivity contribution in [1.29, 1.82) is 0 Å². The molecule has 0 unspecified atom stereocenters. The molecule has 1 aromatic carbocycles. The summed E-state index contributed by atoms with van der Waals surface area (Å²) >= 11 is 0. The number of halogens is 1. The zero-order valence-corrected chi connectivity index (χ0v) is 14.3. The van der Waals surface area contributed by atoms with E-state index in [1.54, 1.807) is 0 Å². The molecule has 1 heterocycles. The van der Waals surface area contributed by atoms with E-state index in [1.165, 1.54) is 17.0 Å². The van der Waals surface area contributed by atoms with Gasteiger partial charge in [-0.3, -0.25) is 4.79 Å². The van der Waals surface area contributed by atoms with E-state index in [-0.39, 0.29) is 29.9 Å². The molecule has 1 fully saturated rings. The molecule has 3 N–H and O–H groups in total. The number of hydrogen-bond donors (Lipinski definition) is 3. The molecule has 2 amide bonds. The van der Waals surface area contributed by atoms with Crippen LogP contribution in [0.1, 0.15) is 19.3 Å². The predicted molar refractivity (Wildman–Crippen MR) is 87.0 cm³/mol. The van der Waals surface area contributed by atoms with Gasteiger partial charge in [0, 0.05) is 25.7 Å². The maximum atomic E-state index is 12.9. The van der Waals surface area contributed by atoms with Crippen molar-refractivity contribution in [3.63, 3.8) is 0 Å². The Hall–Kier alpha value is -2.20. The van der Waals surface area contributed by atoms with Crippen LogP contribution in [0.25, 0.3) is 0 Å². The maximum absolute atomic E-state index is 12.9. The average Bonchev–Trinajstić information content (AvgIpc) is 2.55. The van der Waals surface area contributed by atoms with E-state index in [2.05, 4.69) is 10.0 Å². The molecule has 1 aliphatic rings. The number of sulfonamides is 1. The van der Waals surface area contributed by atoms with Crippen LogP contribution in [0.5, 0.6) is 0 Å². The van der Waals surface area contributed by atoms with Gasteiger partial charge in [-0.1, -0.05) is 0 Å². The zero-order chi connectivity index (χ0) is 18.4. The number of carbonyl (C=O) groups excluding carboxylic acids is 1. The van der Waals surface area contributed by atoms with Crippen LogP contribution in [0.4, 0.5) is 9.18 Å². The summed E-state index contributed by atoms with van der Waals surface area (Å²) in [4.78, 5) is 23.8. The van der Waals surface area contributed by atoms with E-state index in [1.807, 2.05) is 0 Å². The first-order valence-electron chi connectivity index (χ1n) is 7.80. The fourth-order valence-electron chi connectivity index (χ4n) is 2.49. The van der Waals surface area contributed by atoms with E-state index >= 15 is 0 Å². The van der Waals surface area contributed by atoms with E-state index in [9.17, 15) is 22.4 Å². The minimum Gasteiger partial charge on any atom is -0.481 e. The number of carbonyl (C=O) groups is 2. The summed E-state index contributed by atoms with van der Waals surface area (Å²) in [5.74, 6) is -1.50. The standard InChI is InChI=1S/C15H20FN3O5S/c16-11-1-3-13(4-2-11)25(23,24)18-12-6-9-19(10-7-12)15(22)17-8-5-14(20)21/h1-4,12,18H,5-10H2,(H,17,22)(H,20,21). The van der Waals surface area contributed by atoms with Gasteiger partial charge in [0.1, 0.15) is 5.82 Å². The average molecular weight is 373 g/mol. The molecule has 0 radical (unpaired) electrons. The number of benzene rings is 1. The number of aliphatic carboxylic acids is 1. The number of hydrogen-bond acceptors (Lipinski definition) is 4. The third kappa shape index (κ3) is 5.68. The second-order valence-electron chi connectivity index (χ2n) is 5.71. The largest absolute Gasteiger partial charge is 0.481 e. The van der Waals surface area contributed by atoms with Crippen LogP contribution < -0.4 is 10.0 Å². The molecule has 1 aromatic rings. The molecule has 2 rings (SSSR count). The van der Waals surface area contributed by atoms with Crippen molar-refractivity contribution in [3.8, 4) is 0 Å². The fourth-order valence-corrected chi connectivity index (χ4v) is 3.79. The Kier molecular flexibility index (Phi) is 6.32. The van der Waals surface area contributed by atoms with Crippen molar-refractivity contribution >= 4 is 22.0 Å². The lowest BCUT2D eigenvalue weighted by Crippen LogP contribution is -2.49. The number of likely N-dealkylation sites (tertiary alicyclic amines) is 1. The van der Waals surface area contributed by atoms with Crippen molar-refractivity contribution in [2.45, 2.75) is 30.2 Å². The highest BCUT2D eigenvalue weighted by Crippen LogP contribution is 2.15. The summed E-state index contributed by atoms with van der Waals surface area (Å²) in [7, 11) is -3.74. The first kappa shape index (κ1) is 19.1. The molecule has 0 atom stereocenters. The van der Waals surface area contributed by atoms with E-state index < -0.39 is 21.8 Å². The molecular formula is C15H20FN3O5S. The summed E-state index contributed by atoms with van der Waals surface area (Å²) in [6.45, 7) is 0.760. The van der Waals surface area contributed by atoms with E-state index in [0.29, 0.717) is 25.9 Å².